The first-order valence-electron chi connectivity index (χ1n) is 12.8. The van der Waals surface area contributed by atoms with Gasteiger partial charge in [-0.1, -0.05) is 69.2 Å². The summed E-state index contributed by atoms with van der Waals surface area (Å²) in [6.45, 7) is 30.0. The first-order valence-corrected chi connectivity index (χ1v) is 12.8. The number of nitrogens with zero attached hydrogens (tertiary/aromatic N) is 2. The van der Waals surface area contributed by atoms with Crippen LogP contribution < -0.4 is 0 Å². The minimum absolute atomic E-state index is 0.367. The van der Waals surface area contributed by atoms with E-state index < -0.39 is 0 Å². The molecule has 0 spiro atoms. The van der Waals surface area contributed by atoms with Gasteiger partial charge in [-0.3, -0.25) is 0 Å². The van der Waals surface area contributed by atoms with Crippen molar-refractivity contribution in [2.24, 2.45) is 45.3 Å². The summed E-state index contributed by atoms with van der Waals surface area (Å²) < 4.78 is 0. The van der Waals surface area contributed by atoms with Gasteiger partial charge in [-0.25, -0.2) is 0 Å². The molecule has 2 aliphatic heterocycles. The summed E-state index contributed by atoms with van der Waals surface area (Å²) in [7, 11) is 4.67. The Bertz CT molecular complexity index is 498. The molecule has 4 atom stereocenters. The van der Waals surface area contributed by atoms with Gasteiger partial charge in [0, 0.05) is 26.2 Å². The fourth-order valence-electron chi connectivity index (χ4n) is 6.71. The van der Waals surface area contributed by atoms with Gasteiger partial charge in [0.15, 0.2) is 0 Å². The molecule has 0 aliphatic carbocycles. The lowest BCUT2D eigenvalue weighted by molar-refractivity contribution is 0.0363. The maximum atomic E-state index is 2.59. The molecule has 0 aromatic heterocycles. The Balaban J connectivity index is 2.09. The number of hydrogen-bond donors (Lipinski definition) is 0. The second-order valence-corrected chi connectivity index (χ2v) is 15.2. The molecular weight excluding hydrogens is 364 g/mol. The standard InChI is InChI=1S/C28H56N2/c1-25(2,3)13-21-17-29(11)19-23(21)15-27(7,8)28(9,10)16-24-20-30(12)18-22(24)14-26(4,5)6/h21-24H,13-20H2,1-12H3. The van der Waals surface area contributed by atoms with E-state index in [1.54, 1.807) is 0 Å². The van der Waals surface area contributed by atoms with Crippen molar-refractivity contribution in [3.05, 3.63) is 0 Å². The van der Waals surface area contributed by atoms with E-state index in [0.717, 1.165) is 23.7 Å². The van der Waals surface area contributed by atoms with E-state index in [-0.39, 0.29) is 0 Å². The molecule has 2 heteroatoms. The Labute approximate surface area is 190 Å². The topological polar surface area (TPSA) is 6.48 Å². The molecule has 2 rings (SSSR count). The van der Waals surface area contributed by atoms with Crippen molar-refractivity contribution in [3.8, 4) is 0 Å². The quantitative estimate of drug-likeness (QED) is 0.435. The first kappa shape index (κ1) is 26.2. The molecule has 178 valence electrons. The van der Waals surface area contributed by atoms with Crippen molar-refractivity contribution >= 4 is 0 Å². The van der Waals surface area contributed by atoms with Crippen LogP contribution in [0.4, 0.5) is 0 Å². The highest BCUT2D eigenvalue weighted by Crippen LogP contribution is 2.52. The van der Waals surface area contributed by atoms with E-state index in [1.165, 1.54) is 51.9 Å². The predicted octanol–water partition coefficient (Wildman–Crippen LogP) is 7.05. The molecular formula is C28H56N2. The van der Waals surface area contributed by atoms with Gasteiger partial charge in [0.05, 0.1) is 0 Å². The van der Waals surface area contributed by atoms with Gasteiger partial charge in [-0.05, 0) is 85.1 Å². The van der Waals surface area contributed by atoms with Gasteiger partial charge in [0.25, 0.3) is 0 Å². The molecule has 0 saturated carbocycles. The molecule has 0 N–H and O–H groups in total. The lowest BCUT2D eigenvalue weighted by Gasteiger charge is -2.46. The summed E-state index contributed by atoms with van der Waals surface area (Å²) in [5, 5.41) is 0. The number of rotatable bonds is 7. The third-order valence-electron chi connectivity index (χ3n) is 8.64. The molecule has 2 nitrogen and oxygen atoms in total. The van der Waals surface area contributed by atoms with E-state index in [1.807, 2.05) is 0 Å². The summed E-state index contributed by atoms with van der Waals surface area (Å²) in [6, 6.07) is 0. The Morgan fingerprint density at radius 3 is 0.933 bits per heavy atom. The summed E-state index contributed by atoms with van der Waals surface area (Å²) in [5.74, 6) is 3.41. The third-order valence-corrected chi connectivity index (χ3v) is 8.64. The fraction of sp³-hybridized carbons (Fsp3) is 1.00. The number of hydrogen-bond acceptors (Lipinski definition) is 2. The van der Waals surface area contributed by atoms with Crippen LogP contribution in [-0.4, -0.2) is 50.1 Å². The highest BCUT2D eigenvalue weighted by Gasteiger charge is 2.45. The lowest BCUT2D eigenvalue weighted by Crippen LogP contribution is -2.39. The molecule has 0 aromatic carbocycles. The van der Waals surface area contributed by atoms with Crippen LogP contribution in [0.15, 0.2) is 0 Å². The second-order valence-electron chi connectivity index (χ2n) is 15.2. The van der Waals surface area contributed by atoms with E-state index >= 15 is 0 Å². The van der Waals surface area contributed by atoms with Gasteiger partial charge in [-0.15, -0.1) is 0 Å². The lowest BCUT2D eigenvalue weighted by atomic mass is 9.58. The third kappa shape index (κ3) is 7.22. The van der Waals surface area contributed by atoms with E-state index in [4.69, 9.17) is 0 Å². The van der Waals surface area contributed by atoms with Crippen LogP contribution in [0.5, 0.6) is 0 Å². The first-order chi connectivity index (χ1) is 13.4. The Hall–Kier alpha value is -0.0800. The van der Waals surface area contributed by atoms with Gasteiger partial charge < -0.3 is 9.80 Å². The monoisotopic (exact) mass is 420 g/mol. The minimum atomic E-state index is 0.367. The molecule has 0 radical (unpaired) electrons. The fourth-order valence-corrected chi connectivity index (χ4v) is 6.71. The molecule has 0 aromatic rings. The molecule has 2 heterocycles. The molecule has 2 fully saturated rings. The van der Waals surface area contributed by atoms with Crippen LogP contribution in [0.25, 0.3) is 0 Å². The summed E-state index contributed by atoms with van der Waals surface area (Å²) >= 11 is 0. The zero-order valence-electron chi connectivity index (χ0n) is 22.9. The zero-order chi connectivity index (χ0) is 23.1. The normalized spacial score (nSPS) is 30.4. The highest BCUT2D eigenvalue weighted by atomic mass is 15.1. The average Bonchev–Trinajstić information content (AvgIpc) is 2.97. The maximum Gasteiger partial charge on any atom is 0.00101 e. The molecule has 4 unspecified atom stereocenters. The van der Waals surface area contributed by atoms with Crippen LogP contribution in [0.2, 0.25) is 0 Å². The van der Waals surface area contributed by atoms with Crippen molar-refractivity contribution in [3.63, 3.8) is 0 Å². The van der Waals surface area contributed by atoms with Crippen molar-refractivity contribution in [2.75, 3.05) is 40.3 Å². The van der Waals surface area contributed by atoms with Crippen molar-refractivity contribution in [1.29, 1.82) is 0 Å². The van der Waals surface area contributed by atoms with Crippen molar-refractivity contribution in [2.45, 2.75) is 94.9 Å². The SMILES string of the molecule is CN1CC(CC(C)(C)C)C(CC(C)(C)C(C)(C)CC2CN(C)CC2CC(C)(C)C)C1. The van der Waals surface area contributed by atoms with Crippen LogP contribution in [0, 0.1) is 45.3 Å². The van der Waals surface area contributed by atoms with E-state index in [2.05, 4.69) is 93.1 Å². The second kappa shape index (κ2) is 9.05. The molecule has 2 aliphatic rings. The Morgan fingerprint density at radius 2 is 0.700 bits per heavy atom. The zero-order valence-corrected chi connectivity index (χ0v) is 22.9. The Morgan fingerprint density at radius 1 is 0.467 bits per heavy atom. The molecule has 0 bridgehead atoms. The summed E-state index contributed by atoms with van der Waals surface area (Å²) in [6.07, 6.45) is 5.47. The van der Waals surface area contributed by atoms with E-state index in [0.29, 0.717) is 21.7 Å². The predicted molar refractivity (Wildman–Crippen MR) is 134 cm³/mol. The smallest absolute Gasteiger partial charge is 0.00101 e. The van der Waals surface area contributed by atoms with Crippen LogP contribution in [0.3, 0.4) is 0 Å². The average molecular weight is 421 g/mol. The van der Waals surface area contributed by atoms with E-state index in [9.17, 15) is 0 Å². The van der Waals surface area contributed by atoms with Crippen LogP contribution in [0.1, 0.15) is 94.9 Å². The van der Waals surface area contributed by atoms with Crippen LogP contribution >= 0.6 is 0 Å². The summed E-state index contributed by atoms with van der Waals surface area (Å²) in [5.41, 5.74) is 1.60. The maximum absolute atomic E-state index is 2.59. The molecule has 2 saturated heterocycles. The van der Waals surface area contributed by atoms with Gasteiger partial charge >= 0.3 is 0 Å². The highest BCUT2D eigenvalue weighted by molar-refractivity contribution is 4.96. The van der Waals surface area contributed by atoms with Crippen LogP contribution in [-0.2, 0) is 0 Å². The van der Waals surface area contributed by atoms with Crippen molar-refractivity contribution < 1.29 is 0 Å². The van der Waals surface area contributed by atoms with Gasteiger partial charge in [0.1, 0.15) is 0 Å². The summed E-state index contributed by atoms with van der Waals surface area (Å²) in [4.78, 5) is 5.19. The Kier molecular flexibility index (Phi) is 7.89. The molecule has 0 amide bonds. The largest absolute Gasteiger partial charge is 0.306 e. The van der Waals surface area contributed by atoms with Gasteiger partial charge in [0.2, 0.25) is 0 Å². The molecule has 30 heavy (non-hydrogen) atoms. The minimum Gasteiger partial charge on any atom is -0.306 e. The van der Waals surface area contributed by atoms with Gasteiger partial charge in [-0.2, -0.15) is 0 Å². The van der Waals surface area contributed by atoms with Crippen molar-refractivity contribution in [1.82, 2.24) is 9.80 Å². The number of likely N-dealkylation sites (tertiary alicyclic amines) is 2.